The molecule has 100 valence electrons. The summed E-state index contributed by atoms with van der Waals surface area (Å²) in [4.78, 5) is 11.9. The first-order valence-electron chi connectivity index (χ1n) is 6.42. The Morgan fingerprint density at radius 1 is 1.10 bits per heavy atom. The molecule has 0 bridgehead atoms. The van der Waals surface area contributed by atoms with Crippen molar-refractivity contribution in [1.29, 1.82) is 5.26 Å². The third kappa shape index (κ3) is 4.32. The molecule has 0 aliphatic carbocycles. The van der Waals surface area contributed by atoms with E-state index in [4.69, 9.17) is 5.26 Å². The average molecular weight is 328 g/mol. The van der Waals surface area contributed by atoms with E-state index in [2.05, 4.69) is 22.0 Å². The lowest BCUT2D eigenvalue weighted by Gasteiger charge is -2.03. The number of Topliss-reactive ketones (excluding diaryl/α,β-unsaturated/α-hetero) is 1. The van der Waals surface area contributed by atoms with E-state index >= 15 is 0 Å². The van der Waals surface area contributed by atoms with E-state index in [0.29, 0.717) is 24.8 Å². The van der Waals surface area contributed by atoms with Crippen LogP contribution in [0.4, 0.5) is 0 Å². The largest absolute Gasteiger partial charge is 0.299 e. The number of hydrogen-bond acceptors (Lipinski definition) is 2. The van der Waals surface area contributed by atoms with Gasteiger partial charge in [0.05, 0.1) is 11.6 Å². The highest BCUT2D eigenvalue weighted by Gasteiger charge is 2.05. The highest BCUT2D eigenvalue weighted by Crippen LogP contribution is 2.12. The fourth-order valence-corrected chi connectivity index (χ4v) is 2.26. The fraction of sp³-hybridized carbons (Fsp3) is 0.176. The maximum Gasteiger partial charge on any atom is 0.137 e. The first-order chi connectivity index (χ1) is 9.67. The van der Waals surface area contributed by atoms with Crippen LogP contribution in [-0.4, -0.2) is 5.78 Å². The lowest BCUT2D eigenvalue weighted by Crippen LogP contribution is -2.04. The summed E-state index contributed by atoms with van der Waals surface area (Å²) in [6.07, 6.45) is 1.65. The van der Waals surface area contributed by atoms with E-state index in [9.17, 15) is 4.79 Å². The standard InChI is InChI=1S/C17H14BrNO/c18-16-7-4-14(5-8-16)11-17(20)9-6-13-2-1-3-15(10-13)12-19/h1-5,7-8,10H,6,9,11H2. The minimum Gasteiger partial charge on any atom is -0.299 e. The van der Waals surface area contributed by atoms with Crippen LogP contribution in [0, 0.1) is 11.3 Å². The van der Waals surface area contributed by atoms with Gasteiger partial charge >= 0.3 is 0 Å². The Labute approximate surface area is 127 Å². The summed E-state index contributed by atoms with van der Waals surface area (Å²) in [5.74, 6) is 0.217. The third-order valence-corrected chi connectivity index (χ3v) is 3.59. The summed E-state index contributed by atoms with van der Waals surface area (Å²) < 4.78 is 1.02. The van der Waals surface area contributed by atoms with Gasteiger partial charge in [-0.2, -0.15) is 5.26 Å². The maximum atomic E-state index is 11.9. The van der Waals surface area contributed by atoms with Crippen molar-refractivity contribution in [3.05, 3.63) is 69.7 Å². The molecule has 0 fully saturated rings. The van der Waals surface area contributed by atoms with E-state index in [-0.39, 0.29) is 5.78 Å². The Bertz CT molecular complexity index is 641. The van der Waals surface area contributed by atoms with Crippen LogP contribution < -0.4 is 0 Å². The van der Waals surface area contributed by atoms with Gasteiger partial charge in [-0.25, -0.2) is 0 Å². The summed E-state index contributed by atoms with van der Waals surface area (Å²) in [5, 5.41) is 8.84. The monoisotopic (exact) mass is 327 g/mol. The van der Waals surface area contributed by atoms with Gasteiger partial charge < -0.3 is 0 Å². The van der Waals surface area contributed by atoms with Gasteiger partial charge in [-0.15, -0.1) is 0 Å². The minimum atomic E-state index is 0.217. The van der Waals surface area contributed by atoms with Gasteiger partial charge in [0.1, 0.15) is 5.78 Å². The van der Waals surface area contributed by atoms with Crippen molar-refractivity contribution in [3.63, 3.8) is 0 Å². The second-order valence-corrected chi connectivity index (χ2v) is 5.57. The molecule has 0 aromatic heterocycles. The predicted molar refractivity (Wildman–Crippen MR) is 82.3 cm³/mol. The van der Waals surface area contributed by atoms with Crippen LogP contribution in [0.2, 0.25) is 0 Å². The molecule has 0 N–H and O–H groups in total. The molecule has 2 aromatic rings. The number of ketones is 1. The van der Waals surface area contributed by atoms with E-state index < -0.39 is 0 Å². The zero-order valence-corrected chi connectivity index (χ0v) is 12.6. The lowest BCUT2D eigenvalue weighted by atomic mass is 10.0. The van der Waals surface area contributed by atoms with Crippen LogP contribution in [-0.2, 0) is 17.6 Å². The molecular formula is C17H14BrNO. The normalized spacial score (nSPS) is 10.0. The molecule has 0 amide bonds. The Morgan fingerprint density at radius 2 is 1.85 bits per heavy atom. The van der Waals surface area contributed by atoms with Crippen molar-refractivity contribution in [1.82, 2.24) is 0 Å². The fourth-order valence-electron chi connectivity index (χ4n) is 2.00. The van der Waals surface area contributed by atoms with Crippen molar-refractivity contribution in [2.24, 2.45) is 0 Å². The molecule has 2 aromatic carbocycles. The molecule has 0 atom stereocenters. The van der Waals surface area contributed by atoms with E-state index in [1.54, 1.807) is 6.07 Å². The summed E-state index contributed by atoms with van der Waals surface area (Å²) in [6, 6.07) is 17.3. The highest BCUT2D eigenvalue weighted by molar-refractivity contribution is 9.10. The smallest absolute Gasteiger partial charge is 0.137 e. The molecule has 2 rings (SSSR count). The van der Waals surface area contributed by atoms with Gasteiger partial charge in [-0.05, 0) is 41.8 Å². The number of nitrogens with zero attached hydrogens (tertiary/aromatic N) is 1. The molecule has 0 unspecified atom stereocenters. The van der Waals surface area contributed by atoms with Crippen molar-refractivity contribution >= 4 is 21.7 Å². The molecule has 0 heterocycles. The van der Waals surface area contributed by atoms with Crippen molar-refractivity contribution in [3.8, 4) is 6.07 Å². The topological polar surface area (TPSA) is 40.9 Å². The molecule has 0 radical (unpaired) electrons. The van der Waals surface area contributed by atoms with Crippen LogP contribution in [0.3, 0.4) is 0 Å². The van der Waals surface area contributed by atoms with Crippen molar-refractivity contribution < 1.29 is 4.79 Å². The van der Waals surface area contributed by atoms with E-state index in [0.717, 1.165) is 15.6 Å². The minimum absolute atomic E-state index is 0.217. The second-order valence-electron chi connectivity index (χ2n) is 4.65. The van der Waals surface area contributed by atoms with Crippen LogP contribution in [0.5, 0.6) is 0 Å². The van der Waals surface area contributed by atoms with Crippen LogP contribution in [0.25, 0.3) is 0 Å². The first kappa shape index (κ1) is 14.5. The summed E-state index contributed by atoms with van der Waals surface area (Å²) in [5.41, 5.74) is 2.71. The SMILES string of the molecule is N#Cc1cccc(CCC(=O)Cc2ccc(Br)cc2)c1. The van der Waals surface area contributed by atoms with Gasteiger partial charge in [-0.3, -0.25) is 4.79 Å². The van der Waals surface area contributed by atoms with Crippen LogP contribution >= 0.6 is 15.9 Å². The number of carbonyl (C=O) groups excluding carboxylic acids is 1. The molecular weight excluding hydrogens is 314 g/mol. The maximum absolute atomic E-state index is 11.9. The van der Waals surface area contributed by atoms with E-state index in [1.165, 1.54) is 0 Å². The molecule has 0 saturated carbocycles. The Morgan fingerprint density at radius 3 is 2.55 bits per heavy atom. The van der Waals surface area contributed by atoms with E-state index in [1.807, 2.05) is 42.5 Å². The quantitative estimate of drug-likeness (QED) is 0.830. The molecule has 2 nitrogen and oxygen atoms in total. The molecule has 20 heavy (non-hydrogen) atoms. The zero-order valence-electron chi connectivity index (χ0n) is 11.0. The van der Waals surface area contributed by atoms with Gasteiger partial charge in [0.15, 0.2) is 0 Å². The molecule has 0 aliphatic heterocycles. The summed E-state index contributed by atoms with van der Waals surface area (Å²) >= 11 is 3.38. The van der Waals surface area contributed by atoms with Crippen molar-refractivity contribution in [2.75, 3.05) is 0 Å². The molecule has 0 saturated heterocycles. The van der Waals surface area contributed by atoms with Gasteiger partial charge in [0.2, 0.25) is 0 Å². The Hall–Kier alpha value is -1.92. The molecule has 3 heteroatoms. The van der Waals surface area contributed by atoms with Crippen LogP contribution in [0.1, 0.15) is 23.1 Å². The lowest BCUT2D eigenvalue weighted by molar-refractivity contribution is -0.118. The van der Waals surface area contributed by atoms with Crippen LogP contribution in [0.15, 0.2) is 53.0 Å². The number of carbonyl (C=O) groups is 1. The third-order valence-electron chi connectivity index (χ3n) is 3.06. The highest BCUT2D eigenvalue weighted by atomic mass is 79.9. The van der Waals surface area contributed by atoms with Gasteiger partial charge in [0, 0.05) is 17.3 Å². The number of benzene rings is 2. The van der Waals surface area contributed by atoms with Crippen molar-refractivity contribution in [2.45, 2.75) is 19.3 Å². The average Bonchev–Trinajstić information content (AvgIpc) is 2.48. The molecule has 0 spiro atoms. The molecule has 0 aliphatic rings. The number of halogens is 1. The number of nitriles is 1. The summed E-state index contributed by atoms with van der Waals surface area (Å²) in [7, 11) is 0. The Kier molecular flexibility index (Phi) is 5.09. The predicted octanol–water partition coefficient (Wildman–Crippen LogP) is 4.07. The number of aryl methyl sites for hydroxylation is 1. The first-order valence-corrected chi connectivity index (χ1v) is 7.22. The number of hydrogen-bond donors (Lipinski definition) is 0. The van der Waals surface area contributed by atoms with Gasteiger partial charge in [0.25, 0.3) is 0 Å². The second kappa shape index (κ2) is 7.02. The zero-order chi connectivity index (χ0) is 14.4. The summed E-state index contributed by atoms with van der Waals surface area (Å²) in [6.45, 7) is 0. The number of rotatable bonds is 5. The van der Waals surface area contributed by atoms with Gasteiger partial charge in [-0.1, -0.05) is 40.2 Å². The Balaban J connectivity index is 1.89.